The van der Waals surface area contributed by atoms with Gasteiger partial charge < -0.3 is 9.80 Å². The number of para-hydroxylation sites is 3. The zero-order valence-electron chi connectivity index (χ0n) is 25.3. The van der Waals surface area contributed by atoms with E-state index in [0.29, 0.717) is 0 Å². The van der Waals surface area contributed by atoms with Crippen LogP contribution in [0.2, 0.25) is 0 Å². The van der Waals surface area contributed by atoms with Crippen LogP contribution in [0.5, 0.6) is 0 Å². The summed E-state index contributed by atoms with van der Waals surface area (Å²) in [5, 5.41) is 2.59. The number of hydrogen-bond acceptors (Lipinski definition) is 5. The topological polar surface area (TPSA) is 6.48 Å². The van der Waals surface area contributed by atoms with Gasteiger partial charge in [0.05, 0.1) is 10.6 Å². The van der Waals surface area contributed by atoms with E-state index in [2.05, 4.69) is 180 Å². The Morgan fingerprint density at radius 3 is 1.57 bits per heavy atom. The molecule has 1 aromatic heterocycles. The molecule has 0 saturated carbocycles. The molecular formula is C42H28N2S3. The van der Waals surface area contributed by atoms with Crippen molar-refractivity contribution >= 4 is 89.2 Å². The Labute approximate surface area is 286 Å². The van der Waals surface area contributed by atoms with Gasteiger partial charge in [-0.1, -0.05) is 108 Å². The molecule has 5 heteroatoms. The number of fused-ring (bicyclic) bond motifs is 5. The van der Waals surface area contributed by atoms with Crippen LogP contribution in [-0.2, 0) is 0 Å². The fraction of sp³-hybridized carbons (Fsp3) is 0. The molecule has 9 rings (SSSR count). The minimum Gasteiger partial charge on any atom is -0.310 e. The van der Waals surface area contributed by atoms with Crippen molar-refractivity contribution < 1.29 is 0 Å². The fourth-order valence-corrected chi connectivity index (χ4v) is 9.82. The number of anilines is 6. The molecule has 0 N–H and O–H groups in total. The van der Waals surface area contributed by atoms with Crippen LogP contribution in [0.3, 0.4) is 0 Å². The highest BCUT2D eigenvalue weighted by atomic mass is 32.2. The van der Waals surface area contributed by atoms with Gasteiger partial charge >= 0.3 is 0 Å². The number of benzene rings is 7. The summed E-state index contributed by atoms with van der Waals surface area (Å²) in [6.07, 6.45) is 0. The molecule has 0 atom stereocenters. The van der Waals surface area contributed by atoms with E-state index in [9.17, 15) is 0 Å². The van der Waals surface area contributed by atoms with E-state index in [1.165, 1.54) is 39.8 Å². The van der Waals surface area contributed by atoms with Gasteiger partial charge in [-0.25, -0.2) is 0 Å². The Hall–Kier alpha value is -4.94. The maximum Gasteiger partial charge on any atom is 0.0633 e. The summed E-state index contributed by atoms with van der Waals surface area (Å²) in [6, 6.07) is 61.4. The molecule has 0 amide bonds. The van der Waals surface area contributed by atoms with Crippen molar-refractivity contribution in [3.63, 3.8) is 0 Å². The van der Waals surface area contributed by atoms with Gasteiger partial charge in [0, 0.05) is 63.3 Å². The Balaban J connectivity index is 1.31. The van der Waals surface area contributed by atoms with Crippen molar-refractivity contribution in [2.75, 3.05) is 9.80 Å². The van der Waals surface area contributed by atoms with Crippen LogP contribution in [0.4, 0.5) is 34.1 Å². The molecule has 1 aliphatic rings. The maximum absolute atomic E-state index is 2.41. The quantitative estimate of drug-likeness (QED) is 0.176. The molecule has 8 aromatic rings. The second-order valence-electron chi connectivity index (χ2n) is 11.4. The van der Waals surface area contributed by atoms with Crippen LogP contribution in [-0.4, -0.2) is 0 Å². The highest BCUT2D eigenvalue weighted by molar-refractivity contribution is 8.05. The Kier molecular flexibility index (Phi) is 7.23. The lowest BCUT2D eigenvalue weighted by atomic mass is 10.1. The average Bonchev–Trinajstić information content (AvgIpc) is 3.51. The van der Waals surface area contributed by atoms with Crippen molar-refractivity contribution in [2.24, 2.45) is 0 Å². The molecule has 2 nitrogen and oxygen atoms in total. The van der Waals surface area contributed by atoms with E-state index in [4.69, 9.17) is 0 Å². The Morgan fingerprint density at radius 2 is 0.894 bits per heavy atom. The van der Waals surface area contributed by atoms with Gasteiger partial charge in [0.25, 0.3) is 0 Å². The van der Waals surface area contributed by atoms with Crippen LogP contribution in [0.25, 0.3) is 20.2 Å². The van der Waals surface area contributed by atoms with Gasteiger partial charge in [0.15, 0.2) is 0 Å². The average molecular weight is 657 g/mol. The highest BCUT2D eigenvalue weighted by Gasteiger charge is 2.27. The lowest BCUT2D eigenvalue weighted by Crippen LogP contribution is -2.15. The first-order chi connectivity index (χ1) is 23.3. The van der Waals surface area contributed by atoms with Crippen LogP contribution < -0.4 is 9.80 Å². The smallest absolute Gasteiger partial charge is 0.0633 e. The lowest BCUT2D eigenvalue weighted by molar-refractivity contribution is 1.11. The Bertz CT molecular complexity index is 2330. The molecular weight excluding hydrogens is 629 g/mol. The molecule has 0 spiro atoms. The van der Waals surface area contributed by atoms with Crippen molar-refractivity contribution in [2.45, 2.75) is 19.6 Å². The predicted octanol–water partition coefficient (Wildman–Crippen LogP) is 13.6. The van der Waals surface area contributed by atoms with Gasteiger partial charge in [-0.15, -0.1) is 11.3 Å². The van der Waals surface area contributed by atoms with Crippen molar-refractivity contribution in [3.8, 4) is 0 Å². The second kappa shape index (κ2) is 12.0. The van der Waals surface area contributed by atoms with Crippen LogP contribution in [0.1, 0.15) is 0 Å². The predicted molar refractivity (Wildman–Crippen MR) is 203 cm³/mol. The molecule has 0 bridgehead atoms. The Morgan fingerprint density at radius 1 is 0.340 bits per heavy atom. The van der Waals surface area contributed by atoms with E-state index in [1.54, 1.807) is 0 Å². The molecule has 1 aliphatic heterocycles. The molecule has 47 heavy (non-hydrogen) atoms. The van der Waals surface area contributed by atoms with E-state index in [-0.39, 0.29) is 0 Å². The second-order valence-corrected chi connectivity index (χ2v) is 14.6. The van der Waals surface area contributed by atoms with Gasteiger partial charge in [-0.2, -0.15) is 0 Å². The summed E-state index contributed by atoms with van der Waals surface area (Å²) in [5.74, 6) is 0. The monoisotopic (exact) mass is 656 g/mol. The van der Waals surface area contributed by atoms with Crippen LogP contribution in [0, 0.1) is 0 Å². The summed E-state index contributed by atoms with van der Waals surface area (Å²) in [7, 11) is 0. The van der Waals surface area contributed by atoms with E-state index in [1.807, 2.05) is 34.9 Å². The summed E-state index contributed by atoms with van der Waals surface area (Å²) >= 11 is 5.58. The van der Waals surface area contributed by atoms with Gasteiger partial charge in [0.2, 0.25) is 0 Å². The summed E-state index contributed by atoms with van der Waals surface area (Å²) < 4.78 is 2.62. The van der Waals surface area contributed by atoms with Gasteiger partial charge in [-0.3, -0.25) is 0 Å². The summed E-state index contributed by atoms with van der Waals surface area (Å²) in [4.78, 5) is 9.91. The van der Waals surface area contributed by atoms with Crippen molar-refractivity contribution in [1.82, 2.24) is 0 Å². The van der Waals surface area contributed by atoms with E-state index in [0.717, 1.165) is 34.1 Å². The number of nitrogens with zero attached hydrogens (tertiary/aromatic N) is 2. The summed E-state index contributed by atoms with van der Waals surface area (Å²) in [6.45, 7) is 0. The molecule has 0 radical (unpaired) electrons. The zero-order valence-corrected chi connectivity index (χ0v) is 27.7. The molecule has 7 aromatic carbocycles. The third-order valence-corrected chi connectivity index (χ3v) is 12.2. The SMILES string of the molecule is c1ccc(N(c2cc3c(c(N(c4ccccc4)c4ccccc4)c2)Sc2ccccc2S3)c2ccc3sc4ccccc4c3c2)cc1. The largest absolute Gasteiger partial charge is 0.310 e. The first kappa shape index (κ1) is 28.3. The van der Waals surface area contributed by atoms with E-state index >= 15 is 0 Å². The first-order valence-corrected chi connectivity index (χ1v) is 18.0. The maximum atomic E-state index is 2.41. The molecule has 0 fully saturated rings. The molecule has 0 aliphatic carbocycles. The van der Waals surface area contributed by atoms with Crippen molar-refractivity contribution in [1.29, 1.82) is 0 Å². The van der Waals surface area contributed by atoms with Gasteiger partial charge in [-0.05, 0) is 84.9 Å². The van der Waals surface area contributed by atoms with E-state index < -0.39 is 0 Å². The standard InChI is InChI=1S/C42H28N2S3/c1-4-14-29(15-5-1)43(32-24-25-38-35(26-32)34-20-10-11-21-37(34)45-38)33-27-36(42-41(28-33)46-39-22-12-13-23-40(39)47-42)44(30-16-6-2-7-17-30)31-18-8-3-9-19-31/h1-28H. The minimum absolute atomic E-state index is 1.12. The van der Waals surface area contributed by atoms with Gasteiger partial charge in [0.1, 0.15) is 0 Å². The van der Waals surface area contributed by atoms with Crippen LogP contribution in [0.15, 0.2) is 189 Å². The highest BCUT2D eigenvalue weighted by Crippen LogP contribution is 2.56. The molecule has 224 valence electrons. The molecule has 0 saturated heterocycles. The third-order valence-electron chi connectivity index (χ3n) is 8.46. The number of rotatable bonds is 6. The first-order valence-electron chi connectivity index (χ1n) is 15.6. The fourth-order valence-electron chi connectivity index (χ4n) is 6.35. The third kappa shape index (κ3) is 5.17. The zero-order chi connectivity index (χ0) is 31.2. The minimum atomic E-state index is 1.12. The number of thiophene rings is 1. The van der Waals surface area contributed by atoms with Crippen molar-refractivity contribution in [3.05, 3.63) is 170 Å². The molecule has 0 unspecified atom stereocenters. The summed E-state index contributed by atoms with van der Waals surface area (Å²) in [5.41, 5.74) is 6.79. The lowest BCUT2D eigenvalue weighted by Gasteiger charge is -2.33. The van der Waals surface area contributed by atoms with Crippen LogP contribution >= 0.6 is 34.9 Å². The molecule has 2 heterocycles. The number of hydrogen-bond donors (Lipinski definition) is 0. The normalized spacial score (nSPS) is 12.1.